The van der Waals surface area contributed by atoms with Gasteiger partial charge in [-0.1, -0.05) is 11.6 Å². The molecule has 0 spiro atoms. The molecular weight excluding hydrogens is 204 g/mol. The van der Waals surface area contributed by atoms with Gasteiger partial charge in [0, 0.05) is 13.1 Å². The number of anilines is 1. The molecule has 0 atom stereocenters. The van der Waals surface area contributed by atoms with E-state index < -0.39 is 0 Å². The average molecular weight is 213 g/mol. The first-order valence-electron chi connectivity index (χ1n) is 4.28. The lowest BCUT2D eigenvalue weighted by molar-refractivity contribution is -0.118. The number of hydrogen-bond acceptors (Lipinski definition) is 4. The highest BCUT2D eigenvalue weighted by molar-refractivity contribution is 6.29. The fourth-order valence-corrected chi connectivity index (χ4v) is 1.40. The summed E-state index contributed by atoms with van der Waals surface area (Å²) in [5, 5.41) is 10.8. The molecule has 5 nitrogen and oxygen atoms in total. The van der Waals surface area contributed by atoms with E-state index in [2.05, 4.69) is 15.5 Å². The summed E-state index contributed by atoms with van der Waals surface area (Å²) in [4.78, 5) is 13.0. The van der Waals surface area contributed by atoms with Gasteiger partial charge in [-0.25, -0.2) is 0 Å². The molecule has 2 heterocycles. The fraction of sp³-hybridized carbons (Fsp3) is 0.375. The third-order valence-corrected chi connectivity index (χ3v) is 2.19. The molecule has 74 valence electrons. The van der Waals surface area contributed by atoms with Gasteiger partial charge in [0.2, 0.25) is 5.91 Å². The van der Waals surface area contributed by atoms with E-state index in [0.717, 1.165) is 6.54 Å². The van der Waals surface area contributed by atoms with Crippen molar-refractivity contribution >= 4 is 23.3 Å². The van der Waals surface area contributed by atoms with Crippen molar-refractivity contribution in [1.29, 1.82) is 0 Å². The van der Waals surface area contributed by atoms with E-state index in [-0.39, 0.29) is 5.91 Å². The molecular formula is C8H9ClN4O. The number of carbonyl (C=O) groups excluding carboxylic acids is 1. The topological polar surface area (TPSA) is 58.1 Å². The highest BCUT2D eigenvalue weighted by Gasteiger charge is 2.20. The summed E-state index contributed by atoms with van der Waals surface area (Å²) in [7, 11) is 0. The molecule has 1 aliphatic rings. The van der Waals surface area contributed by atoms with Crippen LogP contribution in [0, 0.1) is 0 Å². The van der Waals surface area contributed by atoms with Crippen molar-refractivity contribution in [3.8, 4) is 0 Å². The number of nitrogens with zero attached hydrogens (tertiary/aromatic N) is 3. The van der Waals surface area contributed by atoms with Crippen molar-refractivity contribution in [3.05, 3.63) is 17.3 Å². The van der Waals surface area contributed by atoms with Crippen molar-refractivity contribution in [2.75, 3.05) is 24.5 Å². The first-order chi connectivity index (χ1) is 6.77. The van der Waals surface area contributed by atoms with Crippen LogP contribution in [0.5, 0.6) is 0 Å². The highest BCUT2D eigenvalue weighted by atomic mass is 35.5. The van der Waals surface area contributed by atoms with Crippen LogP contribution in [-0.4, -0.2) is 35.7 Å². The summed E-state index contributed by atoms with van der Waals surface area (Å²) < 4.78 is 0. The van der Waals surface area contributed by atoms with E-state index in [1.165, 1.54) is 0 Å². The molecule has 1 aliphatic heterocycles. The van der Waals surface area contributed by atoms with Crippen molar-refractivity contribution in [1.82, 2.24) is 15.5 Å². The Kier molecular flexibility index (Phi) is 2.60. The quantitative estimate of drug-likeness (QED) is 0.716. The Labute approximate surface area is 86.1 Å². The second-order valence-corrected chi connectivity index (χ2v) is 3.32. The summed E-state index contributed by atoms with van der Waals surface area (Å²) in [5.74, 6) is 0.564. The normalized spacial score (nSPS) is 17.2. The van der Waals surface area contributed by atoms with Crippen molar-refractivity contribution < 1.29 is 4.79 Å². The number of nitrogens with one attached hydrogen (secondary N) is 1. The van der Waals surface area contributed by atoms with Crippen LogP contribution < -0.4 is 10.2 Å². The number of hydrogen-bond donors (Lipinski definition) is 1. The van der Waals surface area contributed by atoms with Gasteiger partial charge in [0.25, 0.3) is 0 Å². The standard InChI is InChI=1S/C8H9ClN4O/c9-6-1-2-7(12-11-6)13-4-3-10-5-8(13)14/h1-2,10H,3-5H2. The molecule has 2 rings (SSSR count). The van der Waals surface area contributed by atoms with Gasteiger partial charge in [-0.05, 0) is 12.1 Å². The number of amides is 1. The molecule has 1 fully saturated rings. The van der Waals surface area contributed by atoms with Crippen LogP contribution in [0.3, 0.4) is 0 Å². The van der Waals surface area contributed by atoms with Crippen LogP contribution in [0.4, 0.5) is 5.82 Å². The van der Waals surface area contributed by atoms with Gasteiger partial charge >= 0.3 is 0 Å². The Hall–Kier alpha value is -1.20. The first-order valence-corrected chi connectivity index (χ1v) is 4.65. The van der Waals surface area contributed by atoms with E-state index in [0.29, 0.717) is 24.1 Å². The molecule has 1 aromatic heterocycles. The van der Waals surface area contributed by atoms with Gasteiger partial charge in [-0.2, -0.15) is 0 Å². The van der Waals surface area contributed by atoms with Gasteiger partial charge < -0.3 is 5.32 Å². The zero-order chi connectivity index (χ0) is 9.97. The SMILES string of the molecule is O=C1CNCCN1c1ccc(Cl)nn1. The smallest absolute Gasteiger partial charge is 0.242 e. The lowest BCUT2D eigenvalue weighted by Gasteiger charge is -2.25. The molecule has 0 bridgehead atoms. The zero-order valence-electron chi connectivity index (χ0n) is 7.40. The van der Waals surface area contributed by atoms with E-state index in [9.17, 15) is 4.79 Å². The third kappa shape index (κ3) is 1.83. The fourth-order valence-electron chi connectivity index (χ4n) is 1.30. The minimum absolute atomic E-state index is 0.00729. The van der Waals surface area contributed by atoms with Crippen LogP contribution in [0.2, 0.25) is 5.15 Å². The van der Waals surface area contributed by atoms with E-state index in [4.69, 9.17) is 11.6 Å². The number of piperazine rings is 1. The molecule has 14 heavy (non-hydrogen) atoms. The molecule has 0 saturated carbocycles. The maximum absolute atomic E-state index is 11.4. The minimum atomic E-state index is 0.00729. The minimum Gasteiger partial charge on any atom is -0.307 e. The maximum atomic E-state index is 11.4. The van der Waals surface area contributed by atoms with E-state index in [1.807, 2.05) is 0 Å². The Balaban J connectivity index is 2.20. The highest BCUT2D eigenvalue weighted by Crippen LogP contribution is 2.12. The van der Waals surface area contributed by atoms with Gasteiger partial charge in [0.1, 0.15) is 0 Å². The molecule has 0 aliphatic carbocycles. The number of rotatable bonds is 1. The van der Waals surface area contributed by atoms with Crippen molar-refractivity contribution in [2.24, 2.45) is 0 Å². The van der Waals surface area contributed by atoms with Crippen LogP contribution in [0.25, 0.3) is 0 Å². The predicted molar refractivity (Wildman–Crippen MR) is 52.3 cm³/mol. The molecule has 1 aromatic rings. The Morgan fingerprint density at radius 2 is 2.29 bits per heavy atom. The number of halogens is 1. The largest absolute Gasteiger partial charge is 0.307 e. The summed E-state index contributed by atoms with van der Waals surface area (Å²) in [6, 6.07) is 3.32. The van der Waals surface area contributed by atoms with Gasteiger partial charge in [-0.15, -0.1) is 10.2 Å². The van der Waals surface area contributed by atoms with Crippen molar-refractivity contribution in [2.45, 2.75) is 0 Å². The van der Waals surface area contributed by atoms with E-state index in [1.54, 1.807) is 17.0 Å². The first kappa shape index (κ1) is 9.36. The van der Waals surface area contributed by atoms with Gasteiger partial charge in [0.05, 0.1) is 6.54 Å². The predicted octanol–water partition coefficient (Wildman–Crippen LogP) is 0.0662. The maximum Gasteiger partial charge on any atom is 0.242 e. The van der Waals surface area contributed by atoms with Gasteiger partial charge in [-0.3, -0.25) is 9.69 Å². The van der Waals surface area contributed by atoms with E-state index >= 15 is 0 Å². The van der Waals surface area contributed by atoms with Gasteiger partial charge in [0.15, 0.2) is 11.0 Å². The van der Waals surface area contributed by atoms with Crippen molar-refractivity contribution in [3.63, 3.8) is 0 Å². The number of carbonyl (C=O) groups is 1. The second kappa shape index (κ2) is 3.89. The Bertz CT molecular complexity index is 340. The molecule has 1 saturated heterocycles. The van der Waals surface area contributed by atoms with Crippen LogP contribution >= 0.6 is 11.6 Å². The lowest BCUT2D eigenvalue weighted by atomic mass is 10.3. The van der Waals surface area contributed by atoms with Crippen LogP contribution in [-0.2, 0) is 4.79 Å². The summed E-state index contributed by atoms with van der Waals surface area (Å²) >= 11 is 5.60. The second-order valence-electron chi connectivity index (χ2n) is 2.94. The van der Waals surface area contributed by atoms with Crippen LogP contribution in [0.1, 0.15) is 0 Å². The molecule has 0 radical (unpaired) electrons. The Morgan fingerprint density at radius 1 is 1.43 bits per heavy atom. The average Bonchev–Trinajstić information content (AvgIpc) is 2.20. The molecule has 0 aromatic carbocycles. The monoisotopic (exact) mass is 212 g/mol. The zero-order valence-corrected chi connectivity index (χ0v) is 8.16. The summed E-state index contributed by atoms with van der Waals surface area (Å²) in [6.45, 7) is 1.75. The summed E-state index contributed by atoms with van der Waals surface area (Å²) in [5.41, 5.74) is 0. The molecule has 6 heteroatoms. The lowest BCUT2D eigenvalue weighted by Crippen LogP contribution is -2.48. The summed E-state index contributed by atoms with van der Waals surface area (Å²) in [6.07, 6.45) is 0. The molecule has 1 amide bonds. The molecule has 1 N–H and O–H groups in total. The Morgan fingerprint density at radius 3 is 2.93 bits per heavy atom. The van der Waals surface area contributed by atoms with Crippen LogP contribution in [0.15, 0.2) is 12.1 Å². The molecule has 0 unspecified atom stereocenters. The third-order valence-electron chi connectivity index (χ3n) is 1.98. The number of aromatic nitrogens is 2.